The van der Waals surface area contributed by atoms with Crippen molar-refractivity contribution in [3.8, 4) is 5.75 Å². The maximum Gasteiger partial charge on any atom is 0.130 e. The molecule has 0 atom stereocenters. The van der Waals surface area contributed by atoms with E-state index in [2.05, 4.69) is 0 Å². The molecule has 19 heavy (non-hydrogen) atoms. The molecular formula is C14H11F2NOS. The van der Waals surface area contributed by atoms with Gasteiger partial charge in [0.1, 0.15) is 29.0 Å². The molecule has 98 valence electrons. The number of benzene rings is 2. The standard InChI is InChI=1S/C14H11F2NOS/c15-11-2-1-3-12(7-11)18-8-10-5-4-9(14(17)19)6-13(10)16/h1-7H,8H2,(H2,17,19). The Kier molecular flexibility index (Phi) is 4.06. The summed E-state index contributed by atoms with van der Waals surface area (Å²) in [6.45, 7) is 0.00685. The van der Waals surface area contributed by atoms with E-state index >= 15 is 0 Å². The molecule has 2 rings (SSSR count). The SMILES string of the molecule is NC(=S)c1ccc(COc2cccc(F)c2)c(F)c1. The molecule has 5 heteroatoms. The van der Waals surface area contributed by atoms with Crippen molar-refractivity contribution in [2.75, 3.05) is 0 Å². The number of ether oxygens (including phenoxy) is 1. The van der Waals surface area contributed by atoms with Gasteiger partial charge in [0.15, 0.2) is 0 Å². The lowest BCUT2D eigenvalue weighted by atomic mass is 10.1. The second kappa shape index (κ2) is 5.75. The summed E-state index contributed by atoms with van der Waals surface area (Å²) in [6.07, 6.45) is 0. The Morgan fingerprint density at radius 3 is 2.58 bits per heavy atom. The average Bonchev–Trinajstić information content (AvgIpc) is 2.37. The van der Waals surface area contributed by atoms with Crippen molar-refractivity contribution in [2.24, 2.45) is 5.73 Å². The van der Waals surface area contributed by atoms with E-state index in [-0.39, 0.29) is 11.6 Å². The van der Waals surface area contributed by atoms with Gasteiger partial charge in [0.05, 0.1) is 0 Å². The Bertz CT molecular complexity index is 616. The minimum atomic E-state index is -0.457. The molecule has 2 nitrogen and oxygen atoms in total. The number of hydrogen-bond acceptors (Lipinski definition) is 2. The van der Waals surface area contributed by atoms with E-state index < -0.39 is 11.6 Å². The normalized spacial score (nSPS) is 10.2. The third-order valence-electron chi connectivity index (χ3n) is 2.53. The van der Waals surface area contributed by atoms with Crippen molar-refractivity contribution in [2.45, 2.75) is 6.61 Å². The zero-order valence-corrected chi connectivity index (χ0v) is 10.7. The van der Waals surface area contributed by atoms with Crippen LogP contribution in [0.5, 0.6) is 5.75 Å². The first-order chi connectivity index (χ1) is 9.06. The minimum Gasteiger partial charge on any atom is -0.489 e. The van der Waals surface area contributed by atoms with Crippen LogP contribution in [0.3, 0.4) is 0 Å². The number of rotatable bonds is 4. The monoisotopic (exact) mass is 279 g/mol. The first-order valence-electron chi connectivity index (χ1n) is 5.53. The zero-order chi connectivity index (χ0) is 13.8. The van der Waals surface area contributed by atoms with Crippen LogP contribution in [-0.4, -0.2) is 4.99 Å². The van der Waals surface area contributed by atoms with Crippen LogP contribution in [0.2, 0.25) is 0 Å². The molecule has 0 aliphatic heterocycles. The van der Waals surface area contributed by atoms with Crippen molar-refractivity contribution >= 4 is 17.2 Å². The largest absolute Gasteiger partial charge is 0.489 e. The molecule has 0 saturated heterocycles. The summed E-state index contributed by atoms with van der Waals surface area (Å²) in [5.41, 5.74) is 6.22. The molecule has 0 aromatic heterocycles. The lowest BCUT2D eigenvalue weighted by Gasteiger charge is -2.08. The number of nitrogens with two attached hydrogens (primary N) is 1. The van der Waals surface area contributed by atoms with Crippen LogP contribution in [-0.2, 0) is 6.61 Å². The van der Waals surface area contributed by atoms with Crippen molar-refractivity contribution in [1.82, 2.24) is 0 Å². The maximum atomic E-state index is 13.7. The van der Waals surface area contributed by atoms with Gasteiger partial charge in [0, 0.05) is 17.2 Å². The number of hydrogen-bond donors (Lipinski definition) is 1. The second-order valence-electron chi connectivity index (χ2n) is 3.92. The molecule has 2 aromatic rings. The molecule has 0 unspecified atom stereocenters. The van der Waals surface area contributed by atoms with Crippen molar-refractivity contribution < 1.29 is 13.5 Å². The van der Waals surface area contributed by atoms with E-state index in [1.54, 1.807) is 18.2 Å². The highest BCUT2D eigenvalue weighted by molar-refractivity contribution is 7.80. The van der Waals surface area contributed by atoms with Gasteiger partial charge in [0.25, 0.3) is 0 Å². The smallest absolute Gasteiger partial charge is 0.130 e. The van der Waals surface area contributed by atoms with E-state index in [9.17, 15) is 8.78 Å². The maximum absolute atomic E-state index is 13.7. The van der Waals surface area contributed by atoms with E-state index in [0.717, 1.165) is 0 Å². The molecule has 0 radical (unpaired) electrons. The Balaban J connectivity index is 2.10. The molecule has 0 heterocycles. The van der Waals surface area contributed by atoms with Crippen LogP contribution in [0, 0.1) is 11.6 Å². The Morgan fingerprint density at radius 1 is 1.16 bits per heavy atom. The molecular weight excluding hydrogens is 268 g/mol. The molecule has 0 bridgehead atoms. The first-order valence-corrected chi connectivity index (χ1v) is 5.93. The predicted molar refractivity (Wildman–Crippen MR) is 73.0 cm³/mol. The second-order valence-corrected chi connectivity index (χ2v) is 4.36. The van der Waals surface area contributed by atoms with Crippen LogP contribution >= 0.6 is 12.2 Å². The van der Waals surface area contributed by atoms with Crippen LogP contribution in [0.1, 0.15) is 11.1 Å². The summed E-state index contributed by atoms with van der Waals surface area (Å²) in [4.78, 5) is 0.136. The van der Waals surface area contributed by atoms with E-state index in [1.165, 1.54) is 24.3 Å². The summed E-state index contributed by atoms with van der Waals surface area (Å²) >= 11 is 4.76. The molecule has 0 amide bonds. The molecule has 0 aliphatic rings. The summed E-state index contributed by atoms with van der Waals surface area (Å²) in [6, 6.07) is 10.1. The summed E-state index contributed by atoms with van der Waals surface area (Å²) < 4.78 is 32.0. The summed E-state index contributed by atoms with van der Waals surface area (Å²) in [5, 5.41) is 0. The van der Waals surface area contributed by atoms with Gasteiger partial charge in [0.2, 0.25) is 0 Å². The van der Waals surface area contributed by atoms with Gasteiger partial charge < -0.3 is 10.5 Å². The Morgan fingerprint density at radius 2 is 1.95 bits per heavy atom. The third-order valence-corrected chi connectivity index (χ3v) is 2.76. The first kappa shape index (κ1) is 13.4. The Hall–Kier alpha value is -2.01. The fraction of sp³-hybridized carbons (Fsp3) is 0.0714. The van der Waals surface area contributed by atoms with Crippen LogP contribution in [0.4, 0.5) is 8.78 Å². The van der Waals surface area contributed by atoms with Gasteiger partial charge in [-0.1, -0.05) is 30.4 Å². The van der Waals surface area contributed by atoms with E-state index in [0.29, 0.717) is 16.9 Å². The molecule has 0 saturated carbocycles. The molecule has 0 aliphatic carbocycles. The van der Waals surface area contributed by atoms with Gasteiger partial charge in [-0.05, 0) is 18.2 Å². The highest BCUT2D eigenvalue weighted by Gasteiger charge is 2.06. The highest BCUT2D eigenvalue weighted by atomic mass is 32.1. The summed E-state index contributed by atoms with van der Waals surface area (Å²) in [7, 11) is 0. The van der Waals surface area contributed by atoms with Gasteiger partial charge in [-0.15, -0.1) is 0 Å². The molecule has 0 fully saturated rings. The quantitative estimate of drug-likeness (QED) is 0.873. The topological polar surface area (TPSA) is 35.2 Å². The van der Waals surface area contributed by atoms with Crippen molar-refractivity contribution in [3.05, 3.63) is 65.2 Å². The third kappa shape index (κ3) is 3.48. The Labute approximate surface area is 114 Å². The fourth-order valence-corrected chi connectivity index (χ4v) is 1.66. The van der Waals surface area contributed by atoms with Crippen LogP contribution in [0.25, 0.3) is 0 Å². The van der Waals surface area contributed by atoms with E-state index in [1.807, 2.05) is 0 Å². The molecule has 0 spiro atoms. The van der Waals surface area contributed by atoms with Gasteiger partial charge in [-0.3, -0.25) is 0 Å². The van der Waals surface area contributed by atoms with Crippen LogP contribution in [0.15, 0.2) is 42.5 Å². The van der Waals surface area contributed by atoms with Crippen molar-refractivity contribution in [3.63, 3.8) is 0 Å². The van der Waals surface area contributed by atoms with Crippen LogP contribution < -0.4 is 10.5 Å². The number of halogens is 2. The highest BCUT2D eigenvalue weighted by Crippen LogP contribution is 2.16. The lowest BCUT2D eigenvalue weighted by Crippen LogP contribution is -2.10. The number of thiocarbonyl (C=S) groups is 1. The minimum absolute atomic E-state index is 0.00685. The molecule has 2 aromatic carbocycles. The van der Waals surface area contributed by atoms with Crippen molar-refractivity contribution in [1.29, 1.82) is 0 Å². The molecule has 2 N–H and O–H groups in total. The van der Waals surface area contributed by atoms with Gasteiger partial charge in [-0.25, -0.2) is 8.78 Å². The predicted octanol–water partition coefficient (Wildman–Crippen LogP) is 3.18. The van der Waals surface area contributed by atoms with E-state index in [4.69, 9.17) is 22.7 Å². The summed E-state index contributed by atoms with van der Waals surface area (Å²) in [5.74, 6) is -0.513. The van der Waals surface area contributed by atoms with Gasteiger partial charge in [-0.2, -0.15) is 0 Å². The fourth-order valence-electron chi connectivity index (χ4n) is 1.54. The average molecular weight is 279 g/mol. The lowest BCUT2D eigenvalue weighted by molar-refractivity contribution is 0.298. The van der Waals surface area contributed by atoms with Gasteiger partial charge >= 0.3 is 0 Å². The zero-order valence-electron chi connectivity index (χ0n) is 9.90.